The molecule has 8 heteroatoms. The molecule has 0 saturated heterocycles. The fourth-order valence-corrected chi connectivity index (χ4v) is 2.83. The lowest BCUT2D eigenvalue weighted by molar-refractivity contribution is -0.137. The highest BCUT2D eigenvalue weighted by Crippen LogP contribution is 2.31. The van der Waals surface area contributed by atoms with Crippen molar-refractivity contribution in [3.63, 3.8) is 0 Å². The van der Waals surface area contributed by atoms with Gasteiger partial charge in [0.2, 0.25) is 0 Å². The van der Waals surface area contributed by atoms with Crippen molar-refractivity contribution in [2.24, 2.45) is 0 Å². The molecule has 0 aromatic heterocycles. The zero-order valence-electron chi connectivity index (χ0n) is 11.4. The van der Waals surface area contributed by atoms with Crippen LogP contribution in [0.5, 0.6) is 5.75 Å². The molecule has 0 amide bonds. The Morgan fingerprint density at radius 3 is 2.36 bits per heavy atom. The fraction of sp³-hybridized carbons (Fsp3) is 0.143. The first kappa shape index (κ1) is 16.2. The first-order valence-electron chi connectivity index (χ1n) is 6.06. The van der Waals surface area contributed by atoms with Crippen LogP contribution in [0.2, 0.25) is 0 Å². The first-order valence-corrected chi connectivity index (χ1v) is 7.55. The van der Waals surface area contributed by atoms with Gasteiger partial charge in [-0.1, -0.05) is 12.1 Å². The zero-order chi connectivity index (χ0) is 16.4. The number of sulfonamides is 1. The lowest BCUT2D eigenvalue weighted by Gasteiger charge is -2.11. The molecule has 0 aliphatic rings. The van der Waals surface area contributed by atoms with Crippen molar-refractivity contribution in [3.05, 3.63) is 54.1 Å². The fourth-order valence-electron chi connectivity index (χ4n) is 1.74. The molecule has 22 heavy (non-hydrogen) atoms. The Morgan fingerprint density at radius 1 is 1.05 bits per heavy atom. The molecule has 0 unspecified atom stereocenters. The van der Waals surface area contributed by atoms with Gasteiger partial charge in [0.1, 0.15) is 5.75 Å². The number of benzene rings is 2. The second-order valence-electron chi connectivity index (χ2n) is 4.36. The van der Waals surface area contributed by atoms with Crippen LogP contribution in [0.25, 0.3) is 0 Å². The number of methoxy groups -OCH3 is 1. The summed E-state index contributed by atoms with van der Waals surface area (Å²) in [4.78, 5) is -0.107. The second-order valence-corrected chi connectivity index (χ2v) is 6.05. The Kier molecular flexibility index (Phi) is 4.32. The highest BCUT2D eigenvalue weighted by Gasteiger charge is 2.30. The van der Waals surface area contributed by atoms with Crippen molar-refractivity contribution < 1.29 is 26.3 Å². The van der Waals surface area contributed by atoms with E-state index in [0.717, 1.165) is 18.2 Å². The average Bonchev–Trinajstić information content (AvgIpc) is 2.46. The summed E-state index contributed by atoms with van der Waals surface area (Å²) in [6.45, 7) is 0. The number of anilines is 1. The van der Waals surface area contributed by atoms with Crippen LogP contribution in [0, 0.1) is 0 Å². The first-order chi connectivity index (χ1) is 10.2. The van der Waals surface area contributed by atoms with Gasteiger partial charge in [-0.2, -0.15) is 13.2 Å². The van der Waals surface area contributed by atoms with Gasteiger partial charge in [-0.25, -0.2) is 8.42 Å². The van der Waals surface area contributed by atoms with E-state index in [-0.39, 0.29) is 10.6 Å². The van der Waals surface area contributed by atoms with Crippen LogP contribution in [0.3, 0.4) is 0 Å². The molecule has 0 bridgehead atoms. The normalized spacial score (nSPS) is 12.0. The van der Waals surface area contributed by atoms with Crippen LogP contribution >= 0.6 is 0 Å². The summed E-state index contributed by atoms with van der Waals surface area (Å²) in [7, 11) is -2.62. The third kappa shape index (κ3) is 3.70. The third-order valence-corrected chi connectivity index (χ3v) is 4.17. The smallest absolute Gasteiger partial charge is 0.416 e. The van der Waals surface area contributed by atoms with Crippen LogP contribution in [-0.4, -0.2) is 15.5 Å². The van der Waals surface area contributed by atoms with Gasteiger partial charge in [0.05, 0.1) is 17.6 Å². The van der Waals surface area contributed by atoms with Gasteiger partial charge < -0.3 is 4.74 Å². The topological polar surface area (TPSA) is 55.4 Å². The van der Waals surface area contributed by atoms with Gasteiger partial charge in [0.25, 0.3) is 10.0 Å². The van der Waals surface area contributed by atoms with Gasteiger partial charge in [-0.3, -0.25) is 4.72 Å². The summed E-state index contributed by atoms with van der Waals surface area (Å²) in [6, 6.07) is 9.59. The minimum atomic E-state index is -4.54. The summed E-state index contributed by atoms with van der Waals surface area (Å²) in [5.74, 6) is 0.326. The molecule has 2 aromatic rings. The number of rotatable bonds is 4. The summed E-state index contributed by atoms with van der Waals surface area (Å²) < 4.78 is 69.3. The van der Waals surface area contributed by atoms with E-state index in [0.29, 0.717) is 5.75 Å². The van der Waals surface area contributed by atoms with Crippen LogP contribution < -0.4 is 9.46 Å². The van der Waals surface area contributed by atoms with Crippen molar-refractivity contribution in [2.75, 3.05) is 11.8 Å². The summed E-state index contributed by atoms with van der Waals surface area (Å²) in [6.07, 6.45) is -4.54. The van der Waals surface area contributed by atoms with E-state index in [1.54, 1.807) is 6.07 Å². The van der Waals surface area contributed by atoms with Crippen molar-refractivity contribution in [1.82, 2.24) is 0 Å². The largest absolute Gasteiger partial charge is 0.497 e. The van der Waals surface area contributed by atoms with Crippen molar-refractivity contribution >= 4 is 15.7 Å². The van der Waals surface area contributed by atoms with E-state index in [1.165, 1.54) is 31.4 Å². The maximum atomic E-state index is 12.6. The Morgan fingerprint density at radius 2 is 1.73 bits per heavy atom. The Bertz CT molecular complexity index is 773. The Hall–Kier alpha value is -2.22. The Labute approximate surface area is 125 Å². The molecule has 118 valence electrons. The zero-order valence-corrected chi connectivity index (χ0v) is 12.2. The molecule has 0 radical (unpaired) electrons. The molecule has 1 N–H and O–H groups in total. The lowest BCUT2D eigenvalue weighted by atomic mass is 10.2. The molecule has 2 rings (SSSR count). The monoisotopic (exact) mass is 331 g/mol. The third-order valence-electron chi connectivity index (χ3n) is 2.79. The van der Waals surface area contributed by atoms with E-state index >= 15 is 0 Å². The van der Waals surface area contributed by atoms with Crippen LogP contribution in [0.1, 0.15) is 5.56 Å². The predicted octanol–water partition coefficient (Wildman–Crippen LogP) is 3.51. The Balaban J connectivity index is 2.33. The van der Waals surface area contributed by atoms with Gasteiger partial charge in [-0.05, 0) is 30.3 Å². The summed E-state index contributed by atoms with van der Waals surface area (Å²) in [5.41, 5.74) is -1.10. The number of halogens is 3. The number of hydrogen-bond acceptors (Lipinski definition) is 3. The average molecular weight is 331 g/mol. The molecule has 0 saturated carbocycles. The van der Waals surface area contributed by atoms with Crippen LogP contribution in [0.15, 0.2) is 53.4 Å². The number of ether oxygens (including phenoxy) is 1. The van der Waals surface area contributed by atoms with Gasteiger partial charge >= 0.3 is 6.18 Å². The van der Waals surface area contributed by atoms with E-state index in [2.05, 4.69) is 4.72 Å². The highest BCUT2D eigenvalue weighted by molar-refractivity contribution is 7.92. The van der Waals surface area contributed by atoms with E-state index in [4.69, 9.17) is 4.74 Å². The molecule has 0 aliphatic heterocycles. The number of alkyl halides is 3. The standard InChI is InChI=1S/C14H12F3NO3S/c1-21-12-6-3-7-13(9-12)22(19,20)18-11-5-2-4-10(8-11)14(15,16)17/h2-9,18H,1H3. The molecular formula is C14H12F3NO3S. The maximum Gasteiger partial charge on any atom is 0.416 e. The van der Waals surface area contributed by atoms with E-state index < -0.39 is 21.8 Å². The van der Waals surface area contributed by atoms with Gasteiger partial charge in [0, 0.05) is 11.8 Å². The molecular weight excluding hydrogens is 319 g/mol. The molecule has 4 nitrogen and oxygen atoms in total. The number of hydrogen-bond donors (Lipinski definition) is 1. The molecule has 2 aromatic carbocycles. The maximum absolute atomic E-state index is 12.6. The van der Waals surface area contributed by atoms with Crippen molar-refractivity contribution in [1.29, 1.82) is 0 Å². The van der Waals surface area contributed by atoms with Gasteiger partial charge in [-0.15, -0.1) is 0 Å². The quantitative estimate of drug-likeness (QED) is 0.933. The summed E-state index contributed by atoms with van der Waals surface area (Å²) >= 11 is 0. The molecule has 0 aliphatic carbocycles. The van der Waals surface area contributed by atoms with E-state index in [9.17, 15) is 21.6 Å². The van der Waals surface area contributed by atoms with Gasteiger partial charge in [0.15, 0.2) is 0 Å². The van der Waals surface area contributed by atoms with Crippen molar-refractivity contribution in [3.8, 4) is 5.75 Å². The van der Waals surface area contributed by atoms with Crippen molar-refractivity contribution in [2.45, 2.75) is 11.1 Å². The SMILES string of the molecule is COc1cccc(S(=O)(=O)Nc2cccc(C(F)(F)F)c2)c1. The molecule has 0 spiro atoms. The minimum absolute atomic E-state index is 0.107. The highest BCUT2D eigenvalue weighted by atomic mass is 32.2. The second kappa shape index (κ2) is 5.88. The van der Waals surface area contributed by atoms with Crippen LogP contribution in [-0.2, 0) is 16.2 Å². The predicted molar refractivity (Wildman–Crippen MR) is 75.2 cm³/mol. The molecule has 0 fully saturated rings. The summed E-state index contributed by atoms with van der Waals surface area (Å²) in [5, 5.41) is 0. The molecule has 0 atom stereocenters. The van der Waals surface area contributed by atoms with Crippen LogP contribution in [0.4, 0.5) is 18.9 Å². The van der Waals surface area contributed by atoms with E-state index in [1.807, 2.05) is 0 Å². The molecule has 0 heterocycles. The lowest BCUT2D eigenvalue weighted by Crippen LogP contribution is -2.14. The minimum Gasteiger partial charge on any atom is -0.497 e. The number of nitrogens with one attached hydrogen (secondary N) is 1.